The molecule has 62 valence electrons. The van der Waals surface area contributed by atoms with E-state index >= 15 is 0 Å². The topological polar surface area (TPSA) is 26.0 Å². The van der Waals surface area contributed by atoms with Gasteiger partial charge in [-0.25, -0.2) is 0 Å². The zero-order valence-corrected chi connectivity index (χ0v) is 7.20. The quantitative estimate of drug-likeness (QED) is 0.659. The predicted octanol–water partition coefficient (Wildman–Crippen LogP) is 2.56. The van der Waals surface area contributed by atoms with Gasteiger partial charge in [-0.15, -0.1) is 0 Å². The summed E-state index contributed by atoms with van der Waals surface area (Å²) in [6.45, 7) is 2.00. The van der Waals surface area contributed by atoms with Crippen LogP contribution in [0.2, 0.25) is 0 Å². The lowest BCUT2D eigenvalue weighted by molar-refractivity contribution is 1.56. The van der Waals surface area contributed by atoms with Gasteiger partial charge in [0, 0.05) is 0 Å². The molecule has 0 unspecified atom stereocenters. The van der Waals surface area contributed by atoms with Crippen LogP contribution in [0.4, 0.5) is 0 Å². The number of rotatable bonds is 2. The summed E-state index contributed by atoms with van der Waals surface area (Å²) < 4.78 is 0. The van der Waals surface area contributed by atoms with Crippen LogP contribution in [0.3, 0.4) is 0 Å². The molecule has 0 aromatic heterocycles. The Morgan fingerprint density at radius 1 is 1.25 bits per heavy atom. The highest BCUT2D eigenvalue weighted by atomic mass is 14.5. The van der Waals surface area contributed by atoms with E-state index in [1.165, 1.54) is 5.56 Å². The van der Waals surface area contributed by atoms with Crippen LogP contribution in [0.1, 0.15) is 12.5 Å². The van der Waals surface area contributed by atoms with E-state index in [1.807, 2.05) is 37.3 Å². The van der Waals surface area contributed by atoms with Crippen molar-refractivity contribution in [3.05, 3.63) is 54.2 Å². The molecule has 0 heterocycles. The third-order valence-electron chi connectivity index (χ3n) is 1.69. The van der Waals surface area contributed by atoms with Gasteiger partial charge in [0.05, 0.1) is 0 Å². The summed E-state index contributed by atoms with van der Waals surface area (Å²) in [6, 6.07) is 10.2. The van der Waals surface area contributed by atoms with E-state index in [1.54, 1.807) is 6.20 Å². The van der Waals surface area contributed by atoms with Crippen LogP contribution >= 0.6 is 0 Å². The van der Waals surface area contributed by atoms with E-state index in [4.69, 9.17) is 5.73 Å². The standard InChI is InChI=1S/C11H13N/c1-2-10(8-9-12)11-6-4-3-5-7-11/h2-9H,12H2,1H3/b9-8-,10-2+. The molecule has 0 aliphatic heterocycles. The number of hydrogen-bond acceptors (Lipinski definition) is 1. The largest absolute Gasteiger partial charge is 0.405 e. The number of hydrogen-bond donors (Lipinski definition) is 1. The third kappa shape index (κ3) is 1.99. The van der Waals surface area contributed by atoms with Gasteiger partial charge in [-0.2, -0.15) is 0 Å². The van der Waals surface area contributed by atoms with Crippen LogP contribution in [-0.2, 0) is 0 Å². The smallest absolute Gasteiger partial charge is 0.00563 e. The van der Waals surface area contributed by atoms with E-state index in [0.29, 0.717) is 0 Å². The van der Waals surface area contributed by atoms with Gasteiger partial charge in [-0.1, -0.05) is 36.4 Å². The van der Waals surface area contributed by atoms with Crippen LogP contribution < -0.4 is 5.73 Å². The molecule has 1 aromatic rings. The van der Waals surface area contributed by atoms with Crippen molar-refractivity contribution >= 4 is 5.57 Å². The Labute approximate surface area is 73.2 Å². The molecule has 0 amide bonds. The minimum atomic E-state index is 1.15. The SMILES string of the molecule is C/C=C(\C=C/N)c1ccccc1. The minimum absolute atomic E-state index is 1.15. The maximum atomic E-state index is 5.32. The van der Waals surface area contributed by atoms with Gasteiger partial charge in [-0.3, -0.25) is 0 Å². The van der Waals surface area contributed by atoms with Crippen LogP contribution in [0.5, 0.6) is 0 Å². The molecule has 0 spiro atoms. The average molecular weight is 159 g/mol. The van der Waals surface area contributed by atoms with Gasteiger partial charge in [0.1, 0.15) is 0 Å². The van der Waals surface area contributed by atoms with E-state index < -0.39 is 0 Å². The Bertz CT molecular complexity index is 283. The van der Waals surface area contributed by atoms with Crippen molar-refractivity contribution in [1.29, 1.82) is 0 Å². The molecule has 1 heteroatoms. The summed E-state index contributed by atoms with van der Waals surface area (Å²) >= 11 is 0. The number of allylic oxidation sites excluding steroid dienone is 3. The van der Waals surface area contributed by atoms with E-state index in [2.05, 4.69) is 12.1 Å². The number of nitrogens with two attached hydrogens (primary N) is 1. The van der Waals surface area contributed by atoms with Crippen LogP contribution in [0, 0.1) is 0 Å². The maximum absolute atomic E-state index is 5.32. The molecular weight excluding hydrogens is 146 g/mol. The van der Waals surface area contributed by atoms with Gasteiger partial charge in [-0.05, 0) is 30.3 Å². The van der Waals surface area contributed by atoms with Crippen molar-refractivity contribution in [3.8, 4) is 0 Å². The third-order valence-corrected chi connectivity index (χ3v) is 1.69. The lowest BCUT2D eigenvalue weighted by atomic mass is 10.1. The van der Waals surface area contributed by atoms with Crippen LogP contribution in [-0.4, -0.2) is 0 Å². The Balaban J connectivity index is 2.97. The highest BCUT2D eigenvalue weighted by Gasteiger charge is 1.92. The van der Waals surface area contributed by atoms with Crippen molar-refractivity contribution in [1.82, 2.24) is 0 Å². The van der Waals surface area contributed by atoms with Crippen molar-refractivity contribution in [2.45, 2.75) is 6.92 Å². The highest BCUT2D eigenvalue weighted by molar-refractivity contribution is 5.73. The summed E-state index contributed by atoms with van der Waals surface area (Å²) in [6.07, 6.45) is 5.50. The van der Waals surface area contributed by atoms with Crippen LogP contribution in [0.15, 0.2) is 48.7 Å². The van der Waals surface area contributed by atoms with E-state index in [0.717, 1.165) is 5.57 Å². The van der Waals surface area contributed by atoms with Crippen molar-refractivity contribution < 1.29 is 0 Å². The molecule has 0 bridgehead atoms. The normalized spacial score (nSPS) is 12.2. The second-order valence-corrected chi connectivity index (χ2v) is 2.47. The van der Waals surface area contributed by atoms with E-state index in [9.17, 15) is 0 Å². The van der Waals surface area contributed by atoms with Crippen molar-refractivity contribution in [3.63, 3.8) is 0 Å². The molecule has 0 atom stereocenters. The zero-order valence-electron chi connectivity index (χ0n) is 7.20. The summed E-state index contributed by atoms with van der Waals surface area (Å²) in [7, 11) is 0. The first-order valence-corrected chi connectivity index (χ1v) is 3.98. The average Bonchev–Trinajstić information content (AvgIpc) is 2.15. The molecule has 0 radical (unpaired) electrons. The predicted molar refractivity (Wildman–Crippen MR) is 53.4 cm³/mol. The molecule has 1 aromatic carbocycles. The lowest BCUT2D eigenvalue weighted by Crippen LogP contribution is -1.82. The Hall–Kier alpha value is -1.50. The molecule has 12 heavy (non-hydrogen) atoms. The monoisotopic (exact) mass is 159 g/mol. The van der Waals surface area contributed by atoms with Gasteiger partial charge < -0.3 is 5.73 Å². The maximum Gasteiger partial charge on any atom is -0.00563 e. The highest BCUT2D eigenvalue weighted by Crippen LogP contribution is 2.14. The molecule has 1 rings (SSSR count). The summed E-state index contributed by atoms with van der Waals surface area (Å²) in [5.41, 5.74) is 7.67. The Kier molecular flexibility index (Phi) is 3.15. The fourth-order valence-corrected chi connectivity index (χ4v) is 1.09. The summed E-state index contributed by atoms with van der Waals surface area (Å²) in [4.78, 5) is 0. The van der Waals surface area contributed by atoms with Gasteiger partial charge in [0.15, 0.2) is 0 Å². The molecule has 0 aliphatic carbocycles. The Morgan fingerprint density at radius 2 is 1.92 bits per heavy atom. The second-order valence-electron chi connectivity index (χ2n) is 2.47. The molecule has 0 fully saturated rings. The minimum Gasteiger partial charge on any atom is -0.405 e. The van der Waals surface area contributed by atoms with E-state index in [-0.39, 0.29) is 0 Å². The first kappa shape index (κ1) is 8.60. The number of benzene rings is 1. The fraction of sp³-hybridized carbons (Fsp3) is 0.0909. The molecule has 0 saturated carbocycles. The summed E-state index contributed by atoms with van der Waals surface area (Å²) in [5, 5.41) is 0. The molecule has 0 aliphatic rings. The first-order valence-electron chi connectivity index (χ1n) is 3.98. The van der Waals surface area contributed by atoms with Crippen molar-refractivity contribution in [2.24, 2.45) is 5.73 Å². The molecular formula is C11H13N. The first-order chi connectivity index (χ1) is 5.88. The molecule has 1 nitrogen and oxygen atoms in total. The van der Waals surface area contributed by atoms with Gasteiger partial charge in [0.25, 0.3) is 0 Å². The summed E-state index contributed by atoms with van der Waals surface area (Å²) in [5.74, 6) is 0. The van der Waals surface area contributed by atoms with Crippen LogP contribution in [0.25, 0.3) is 5.57 Å². The molecule has 0 saturated heterocycles. The Morgan fingerprint density at radius 3 is 2.42 bits per heavy atom. The zero-order chi connectivity index (χ0) is 8.81. The van der Waals surface area contributed by atoms with Gasteiger partial charge in [0.2, 0.25) is 0 Å². The molecule has 2 N–H and O–H groups in total. The fourth-order valence-electron chi connectivity index (χ4n) is 1.09. The van der Waals surface area contributed by atoms with Crippen molar-refractivity contribution in [2.75, 3.05) is 0 Å². The second kappa shape index (κ2) is 4.39. The van der Waals surface area contributed by atoms with Gasteiger partial charge >= 0.3 is 0 Å². The lowest BCUT2D eigenvalue weighted by Gasteiger charge is -1.99.